The number of benzene rings is 2. The zero-order chi connectivity index (χ0) is 16.1. The van der Waals surface area contributed by atoms with E-state index in [-0.39, 0.29) is 18.1 Å². The van der Waals surface area contributed by atoms with E-state index >= 15 is 0 Å². The van der Waals surface area contributed by atoms with E-state index in [1.807, 2.05) is 0 Å². The van der Waals surface area contributed by atoms with E-state index in [0.717, 1.165) is 5.56 Å². The smallest absolute Gasteiger partial charge is 0.228 e. The van der Waals surface area contributed by atoms with Gasteiger partial charge in [0.05, 0.1) is 18.6 Å². The largest absolute Gasteiger partial charge is 0.495 e. The maximum Gasteiger partial charge on any atom is 0.228 e. The first-order valence-electron chi connectivity index (χ1n) is 6.73. The number of Topliss-reactive ketones (excluding diaryl/α,β-unsaturated/α-hetero) is 1. The molecular weight excluding hydrogens is 302 g/mol. The van der Waals surface area contributed by atoms with Crippen LogP contribution >= 0.6 is 11.6 Å². The lowest BCUT2D eigenvalue weighted by Gasteiger charge is -2.08. The van der Waals surface area contributed by atoms with Gasteiger partial charge in [0, 0.05) is 11.3 Å². The molecule has 2 aromatic rings. The van der Waals surface area contributed by atoms with Crippen molar-refractivity contribution in [3.63, 3.8) is 0 Å². The molecule has 0 fully saturated rings. The number of anilines is 1. The van der Waals surface area contributed by atoms with E-state index in [1.165, 1.54) is 14.0 Å². The van der Waals surface area contributed by atoms with Crippen molar-refractivity contribution in [1.29, 1.82) is 0 Å². The first kappa shape index (κ1) is 16.0. The minimum Gasteiger partial charge on any atom is -0.495 e. The molecular formula is C17H16ClNO3. The second-order valence-corrected chi connectivity index (χ2v) is 5.23. The topological polar surface area (TPSA) is 55.4 Å². The molecule has 22 heavy (non-hydrogen) atoms. The quantitative estimate of drug-likeness (QED) is 0.855. The molecule has 0 aliphatic heterocycles. The van der Waals surface area contributed by atoms with E-state index in [9.17, 15) is 9.59 Å². The summed E-state index contributed by atoms with van der Waals surface area (Å²) in [6.07, 6.45) is 0.207. The van der Waals surface area contributed by atoms with Gasteiger partial charge in [-0.05, 0) is 48.9 Å². The molecule has 0 atom stereocenters. The fourth-order valence-electron chi connectivity index (χ4n) is 2.00. The number of hydrogen-bond acceptors (Lipinski definition) is 3. The lowest BCUT2D eigenvalue weighted by molar-refractivity contribution is -0.115. The fourth-order valence-corrected chi connectivity index (χ4v) is 2.28. The molecule has 0 saturated carbocycles. The highest BCUT2D eigenvalue weighted by atomic mass is 35.5. The Hall–Kier alpha value is -2.33. The van der Waals surface area contributed by atoms with Crippen LogP contribution in [-0.4, -0.2) is 18.8 Å². The standard InChI is InChI=1S/C17H16ClNO3/c1-11(20)13-4-6-14(7-5-13)19-17(21)10-12-3-8-16(22-2)15(18)9-12/h3-9H,10H2,1-2H3,(H,19,21). The Balaban J connectivity index is 2.00. The number of halogens is 1. The van der Waals surface area contributed by atoms with Gasteiger partial charge in [0.15, 0.2) is 5.78 Å². The Morgan fingerprint density at radius 2 is 1.82 bits per heavy atom. The first-order chi connectivity index (χ1) is 10.5. The molecule has 4 nitrogen and oxygen atoms in total. The molecule has 0 aliphatic carbocycles. The van der Waals surface area contributed by atoms with Crippen molar-refractivity contribution in [3.05, 3.63) is 58.6 Å². The van der Waals surface area contributed by atoms with Gasteiger partial charge in [0.2, 0.25) is 5.91 Å². The Morgan fingerprint density at radius 3 is 2.36 bits per heavy atom. The lowest BCUT2D eigenvalue weighted by atomic mass is 10.1. The molecule has 0 unspecified atom stereocenters. The third kappa shape index (κ3) is 4.09. The molecule has 114 valence electrons. The van der Waals surface area contributed by atoms with Gasteiger partial charge in [0.1, 0.15) is 5.75 Å². The second kappa shape index (κ2) is 7.09. The summed E-state index contributed by atoms with van der Waals surface area (Å²) in [4.78, 5) is 23.2. The maximum absolute atomic E-state index is 12.0. The Labute approximate surface area is 134 Å². The third-order valence-electron chi connectivity index (χ3n) is 3.16. The maximum atomic E-state index is 12.0. The number of carbonyl (C=O) groups is 2. The van der Waals surface area contributed by atoms with Crippen molar-refractivity contribution in [2.24, 2.45) is 0 Å². The number of ketones is 1. The molecule has 0 aromatic heterocycles. The lowest BCUT2D eigenvalue weighted by Crippen LogP contribution is -2.14. The molecule has 0 spiro atoms. The normalized spacial score (nSPS) is 10.1. The van der Waals surface area contributed by atoms with Gasteiger partial charge in [-0.3, -0.25) is 9.59 Å². The summed E-state index contributed by atoms with van der Waals surface area (Å²) in [6.45, 7) is 1.50. The summed E-state index contributed by atoms with van der Waals surface area (Å²) in [5.74, 6) is 0.410. The van der Waals surface area contributed by atoms with E-state index in [1.54, 1.807) is 42.5 Å². The van der Waals surface area contributed by atoms with Crippen molar-refractivity contribution >= 4 is 29.0 Å². The molecule has 0 saturated heterocycles. The molecule has 0 bridgehead atoms. The van der Waals surface area contributed by atoms with Crippen LogP contribution in [-0.2, 0) is 11.2 Å². The van der Waals surface area contributed by atoms with Crippen molar-refractivity contribution in [3.8, 4) is 5.75 Å². The Kier molecular flexibility index (Phi) is 5.17. The fraction of sp³-hybridized carbons (Fsp3) is 0.176. The molecule has 0 radical (unpaired) electrons. The van der Waals surface area contributed by atoms with Crippen LogP contribution in [0.3, 0.4) is 0 Å². The molecule has 2 rings (SSSR count). The average Bonchev–Trinajstić information content (AvgIpc) is 2.48. The van der Waals surface area contributed by atoms with Crippen LogP contribution < -0.4 is 10.1 Å². The van der Waals surface area contributed by atoms with Gasteiger partial charge in [-0.25, -0.2) is 0 Å². The van der Waals surface area contributed by atoms with Crippen LogP contribution in [0.2, 0.25) is 5.02 Å². The van der Waals surface area contributed by atoms with Crippen LogP contribution in [0.15, 0.2) is 42.5 Å². The predicted octanol–water partition coefficient (Wildman–Crippen LogP) is 3.73. The van der Waals surface area contributed by atoms with Crippen LogP contribution in [0.4, 0.5) is 5.69 Å². The zero-order valence-corrected chi connectivity index (χ0v) is 13.1. The third-order valence-corrected chi connectivity index (χ3v) is 3.45. The zero-order valence-electron chi connectivity index (χ0n) is 12.4. The van der Waals surface area contributed by atoms with Crippen LogP contribution in [0.1, 0.15) is 22.8 Å². The van der Waals surface area contributed by atoms with E-state index < -0.39 is 0 Å². The Morgan fingerprint density at radius 1 is 1.14 bits per heavy atom. The number of carbonyl (C=O) groups excluding carboxylic acids is 2. The van der Waals surface area contributed by atoms with E-state index in [4.69, 9.17) is 16.3 Å². The highest BCUT2D eigenvalue weighted by Gasteiger charge is 2.07. The van der Waals surface area contributed by atoms with Gasteiger partial charge >= 0.3 is 0 Å². The summed E-state index contributed by atoms with van der Waals surface area (Å²) in [6, 6.07) is 12.0. The predicted molar refractivity (Wildman–Crippen MR) is 86.8 cm³/mol. The average molecular weight is 318 g/mol. The van der Waals surface area contributed by atoms with Crippen LogP contribution in [0.25, 0.3) is 0 Å². The van der Waals surface area contributed by atoms with E-state index in [2.05, 4.69) is 5.32 Å². The van der Waals surface area contributed by atoms with Gasteiger partial charge in [-0.15, -0.1) is 0 Å². The number of amides is 1. The van der Waals surface area contributed by atoms with Crippen LogP contribution in [0.5, 0.6) is 5.75 Å². The molecule has 0 aliphatic rings. The number of nitrogens with one attached hydrogen (secondary N) is 1. The van der Waals surface area contributed by atoms with E-state index in [0.29, 0.717) is 22.0 Å². The van der Waals surface area contributed by atoms with Gasteiger partial charge in [0.25, 0.3) is 0 Å². The summed E-state index contributed by atoms with van der Waals surface area (Å²) in [5.41, 5.74) is 2.05. The van der Waals surface area contributed by atoms with Gasteiger partial charge in [-0.2, -0.15) is 0 Å². The van der Waals surface area contributed by atoms with Crippen LogP contribution in [0, 0.1) is 0 Å². The number of ether oxygens (including phenoxy) is 1. The monoisotopic (exact) mass is 317 g/mol. The SMILES string of the molecule is COc1ccc(CC(=O)Nc2ccc(C(C)=O)cc2)cc1Cl. The first-order valence-corrected chi connectivity index (χ1v) is 7.10. The van der Waals surface area contributed by atoms with Crippen molar-refractivity contribution in [2.45, 2.75) is 13.3 Å². The van der Waals surface area contributed by atoms with Gasteiger partial charge in [-0.1, -0.05) is 17.7 Å². The minimum absolute atomic E-state index is 0.00856. The summed E-state index contributed by atoms with van der Waals surface area (Å²) in [7, 11) is 1.54. The Bertz CT molecular complexity index is 696. The number of methoxy groups -OCH3 is 1. The highest BCUT2D eigenvalue weighted by molar-refractivity contribution is 6.32. The van der Waals surface area contributed by atoms with Crippen molar-refractivity contribution in [2.75, 3.05) is 12.4 Å². The molecule has 0 heterocycles. The summed E-state index contributed by atoms with van der Waals surface area (Å²) < 4.78 is 5.07. The molecule has 1 N–H and O–H groups in total. The molecule has 5 heteroatoms. The minimum atomic E-state index is -0.156. The molecule has 1 amide bonds. The summed E-state index contributed by atoms with van der Waals surface area (Å²) in [5, 5.41) is 3.25. The summed E-state index contributed by atoms with van der Waals surface area (Å²) >= 11 is 6.03. The van der Waals surface area contributed by atoms with Crippen molar-refractivity contribution < 1.29 is 14.3 Å². The van der Waals surface area contributed by atoms with Crippen molar-refractivity contribution in [1.82, 2.24) is 0 Å². The second-order valence-electron chi connectivity index (χ2n) is 4.83. The molecule has 2 aromatic carbocycles. The highest BCUT2D eigenvalue weighted by Crippen LogP contribution is 2.25. The number of hydrogen-bond donors (Lipinski definition) is 1. The van der Waals surface area contributed by atoms with Gasteiger partial charge < -0.3 is 10.1 Å². The number of rotatable bonds is 5.